The first-order valence-corrected chi connectivity index (χ1v) is 6.63. The highest BCUT2D eigenvalue weighted by atomic mass is 19.2. The number of rotatable bonds is 4. The predicted molar refractivity (Wildman–Crippen MR) is 81.0 cm³/mol. The van der Waals surface area contributed by atoms with Gasteiger partial charge in [0.05, 0.1) is 6.04 Å². The first-order valence-electron chi connectivity index (χ1n) is 6.63. The standard InChI is InChI=1S/C16H19F2N3/c1-10-7-8-13(15(18)14(10)17)16(20-19)11-5-4-6-12(9-11)21(2)3/h4-9,16,20H,19H2,1-3H3. The first kappa shape index (κ1) is 15.4. The van der Waals surface area contributed by atoms with Gasteiger partial charge in [-0.05, 0) is 30.2 Å². The van der Waals surface area contributed by atoms with Crippen LogP contribution >= 0.6 is 0 Å². The van der Waals surface area contributed by atoms with Crippen LogP contribution < -0.4 is 16.2 Å². The molecule has 0 fully saturated rings. The number of nitrogens with two attached hydrogens (primary N) is 1. The van der Waals surface area contributed by atoms with Crippen molar-refractivity contribution in [2.45, 2.75) is 13.0 Å². The van der Waals surface area contributed by atoms with Crippen LogP contribution in [0, 0.1) is 18.6 Å². The molecule has 0 bridgehead atoms. The number of halogens is 2. The van der Waals surface area contributed by atoms with E-state index in [2.05, 4.69) is 5.43 Å². The predicted octanol–water partition coefficient (Wildman–Crippen LogP) is 2.89. The van der Waals surface area contributed by atoms with E-state index in [4.69, 9.17) is 5.84 Å². The Morgan fingerprint density at radius 3 is 2.43 bits per heavy atom. The second kappa shape index (κ2) is 6.20. The molecule has 2 aromatic carbocycles. The number of hydrazine groups is 1. The van der Waals surface area contributed by atoms with E-state index in [1.54, 1.807) is 12.1 Å². The molecule has 5 heteroatoms. The highest BCUT2D eigenvalue weighted by Gasteiger charge is 2.20. The van der Waals surface area contributed by atoms with E-state index >= 15 is 0 Å². The number of aryl methyl sites for hydroxylation is 1. The van der Waals surface area contributed by atoms with Gasteiger partial charge in [0.25, 0.3) is 0 Å². The van der Waals surface area contributed by atoms with Crippen molar-refractivity contribution in [2.24, 2.45) is 5.84 Å². The zero-order valence-corrected chi connectivity index (χ0v) is 12.3. The van der Waals surface area contributed by atoms with Gasteiger partial charge in [-0.25, -0.2) is 14.2 Å². The minimum atomic E-state index is -0.867. The quantitative estimate of drug-likeness (QED) is 0.672. The molecule has 3 N–H and O–H groups in total. The van der Waals surface area contributed by atoms with Crippen LogP contribution in [0.25, 0.3) is 0 Å². The lowest BCUT2D eigenvalue weighted by Gasteiger charge is -2.21. The summed E-state index contributed by atoms with van der Waals surface area (Å²) in [6.45, 7) is 1.53. The van der Waals surface area contributed by atoms with Crippen molar-refractivity contribution in [1.82, 2.24) is 5.43 Å². The van der Waals surface area contributed by atoms with Crippen LogP contribution in [-0.2, 0) is 0 Å². The Kier molecular flexibility index (Phi) is 4.55. The van der Waals surface area contributed by atoms with Crippen LogP contribution in [0.1, 0.15) is 22.7 Å². The Bertz CT molecular complexity index is 641. The molecule has 0 saturated heterocycles. The number of benzene rings is 2. The summed E-state index contributed by atoms with van der Waals surface area (Å²) in [6, 6.07) is 10.0. The van der Waals surface area contributed by atoms with Crippen molar-refractivity contribution in [2.75, 3.05) is 19.0 Å². The van der Waals surface area contributed by atoms with Crippen LogP contribution in [0.2, 0.25) is 0 Å². The van der Waals surface area contributed by atoms with Gasteiger partial charge < -0.3 is 4.90 Å². The second-order valence-corrected chi connectivity index (χ2v) is 5.19. The fourth-order valence-electron chi connectivity index (χ4n) is 2.23. The normalized spacial score (nSPS) is 12.3. The van der Waals surface area contributed by atoms with Gasteiger partial charge in [0.2, 0.25) is 0 Å². The third-order valence-electron chi connectivity index (χ3n) is 3.50. The molecular formula is C16H19F2N3. The molecule has 3 nitrogen and oxygen atoms in total. The van der Waals surface area contributed by atoms with Crippen LogP contribution in [0.4, 0.5) is 14.5 Å². The topological polar surface area (TPSA) is 41.3 Å². The summed E-state index contributed by atoms with van der Waals surface area (Å²) < 4.78 is 27.9. The zero-order chi connectivity index (χ0) is 15.6. The van der Waals surface area contributed by atoms with Gasteiger partial charge in [0, 0.05) is 25.3 Å². The fourth-order valence-corrected chi connectivity index (χ4v) is 2.23. The average Bonchev–Trinajstić information content (AvgIpc) is 2.48. The van der Waals surface area contributed by atoms with E-state index in [0.29, 0.717) is 0 Å². The minimum Gasteiger partial charge on any atom is -0.378 e. The fraction of sp³-hybridized carbons (Fsp3) is 0.250. The highest BCUT2D eigenvalue weighted by Crippen LogP contribution is 2.28. The van der Waals surface area contributed by atoms with Crippen LogP contribution in [0.3, 0.4) is 0 Å². The third-order valence-corrected chi connectivity index (χ3v) is 3.50. The summed E-state index contributed by atoms with van der Waals surface area (Å²) in [5, 5.41) is 0. The molecule has 0 aromatic heterocycles. The number of hydrogen-bond donors (Lipinski definition) is 2. The Balaban J connectivity index is 2.50. The van der Waals surface area contributed by atoms with Crippen molar-refractivity contribution in [3.8, 4) is 0 Å². The van der Waals surface area contributed by atoms with E-state index in [9.17, 15) is 8.78 Å². The third kappa shape index (κ3) is 3.04. The molecule has 0 amide bonds. The van der Waals surface area contributed by atoms with Crippen LogP contribution in [0.15, 0.2) is 36.4 Å². The van der Waals surface area contributed by atoms with Crippen molar-refractivity contribution in [3.05, 3.63) is 64.7 Å². The molecular weight excluding hydrogens is 272 g/mol. The summed E-state index contributed by atoms with van der Waals surface area (Å²) in [5.74, 6) is 3.86. The van der Waals surface area contributed by atoms with E-state index in [1.165, 1.54) is 6.92 Å². The summed E-state index contributed by atoms with van der Waals surface area (Å²) in [4.78, 5) is 1.93. The molecule has 0 aliphatic rings. The summed E-state index contributed by atoms with van der Waals surface area (Å²) in [6.07, 6.45) is 0. The Morgan fingerprint density at radius 1 is 1.10 bits per heavy atom. The monoisotopic (exact) mass is 291 g/mol. The maximum absolute atomic E-state index is 14.2. The van der Waals surface area contributed by atoms with Gasteiger partial charge in [-0.3, -0.25) is 5.84 Å². The molecule has 0 aliphatic carbocycles. The van der Waals surface area contributed by atoms with Crippen LogP contribution in [0.5, 0.6) is 0 Å². The zero-order valence-electron chi connectivity index (χ0n) is 12.3. The molecule has 0 saturated carbocycles. The Hall–Kier alpha value is -1.98. The summed E-state index contributed by atoms with van der Waals surface area (Å²) >= 11 is 0. The minimum absolute atomic E-state index is 0.191. The molecule has 0 spiro atoms. The number of nitrogens with zero attached hydrogens (tertiary/aromatic N) is 1. The molecule has 21 heavy (non-hydrogen) atoms. The van der Waals surface area contributed by atoms with Gasteiger partial charge >= 0.3 is 0 Å². The van der Waals surface area contributed by atoms with Crippen molar-refractivity contribution < 1.29 is 8.78 Å². The summed E-state index contributed by atoms with van der Waals surface area (Å²) in [7, 11) is 3.83. The maximum atomic E-state index is 14.2. The average molecular weight is 291 g/mol. The molecule has 1 atom stereocenters. The number of anilines is 1. The van der Waals surface area contributed by atoms with Gasteiger partial charge in [-0.15, -0.1) is 0 Å². The molecule has 1 unspecified atom stereocenters. The van der Waals surface area contributed by atoms with E-state index < -0.39 is 17.7 Å². The molecule has 112 valence electrons. The largest absolute Gasteiger partial charge is 0.378 e. The van der Waals surface area contributed by atoms with E-state index in [0.717, 1.165) is 11.3 Å². The molecule has 0 aliphatic heterocycles. The molecule has 2 aromatic rings. The summed E-state index contributed by atoms with van der Waals surface area (Å²) in [5.41, 5.74) is 4.75. The first-order chi connectivity index (χ1) is 9.95. The molecule has 0 radical (unpaired) electrons. The van der Waals surface area contributed by atoms with Gasteiger partial charge in [0.15, 0.2) is 11.6 Å². The lowest BCUT2D eigenvalue weighted by Crippen LogP contribution is -2.30. The molecule has 2 rings (SSSR count). The SMILES string of the molecule is Cc1ccc(C(NN)c2cccc(N(C)C)c2)c(F)c1F. The highest BCUT2D eigenvalue weighted by molar-refractivity contribution is 5.49. The van der Waals surface area contributed by atoms with Crippen LogP contribution in [-0.4, -0.2) is 14.1 Å². The lowest BCUT2D eigenvalue weighted by atomic mass is 9.97. The van der Waals surface area contributed by atoms with Crippen molar-refractivity contribution in [1.29, 1.82) is 0 Å². The van der Waals surface area contributed by atoms with Crippen molar-refractivity contribution >= 4 is 5.69 Å². The van der Waals surface area contributed by atoms with Gasteiger partial charge in [-0.2, -0.15) is 0 Å². The van der Waals surface area contributed by atoms with E-state index in [1.807, 2.05) is 43.3 Å². The van der Waals surface area contributed by atoms with Crippen molar-refractivity contribution in [3.63, 3.8) is 0 Å². The maximum Gasteiger partial charge on any atom is 0.164 e. The van der Waals surface area contributed by atoms with Gasteiger partial charge in [0.1, 0.15) is 0 Å². The smallest absolute Gasteiger partial charge is 0.164 e. The Morgan fingerprint density at radius 2 is 1.81 bits per heavy atom. The molecule has 0 heterocycles. The van der Waals surface area contributed by atoms with E-state index in [-0.39, 0.29) is 11.1 Å². The van der Waals surface area contributed by atoms with Gasteiger partial charge in [-0.1, -0.05) is 24.3 Å². The lowest BCUT2D eigenvalue weighted by molar-refractivity contribution is 0.478. The number of nitrogens with one attached hydrogen (secondary N) is 1. The Labute approximate surface area is 123 Å². The number of hydrogen-bond acceptors (Lipinski definition) is 3. The second-order valence-electron chi connectivity index (χ2n) is 5.19.